The Morgan fingerprint density at radius 3 is 2.80 bits per heavy atom. The van der Waals surface area contributed by atoms with Crippen LogP contribution in [0.3, 0.4) is 0 Å². The summed E-state index contributed by atoms with van der Waals surface area (Å²) in [6, 6.07) is 15.3. The van der Waals surface area contributed by atoms with E-state index >= 15 is 0 Å². The fraction of sp³-hybridized carbons (Fsp3) is 0. The first-order chi connectivity index (χ1) is 7.25. The van der Waals surface area contributed by atoms with Crippen LogP contribution in [0.2, 0.25) is 5.02 Å². The third kappa shape index (κ3) is 2.42. The Morgan fingerprint density at radius 2 is 2.13 bits per heavy atom. The molecular formula is C12H9ClNO. The Kier molecular flexibility index (Phi) is 2.79. The van der Waals surface area contributed by atoms with Gasteiger partial charge in [0.1, 0.15) is 11.5 Å². The third-order valence-electron chi connectivity index (χ3n) is 1.86. The highest BCUT2D eigenvalue weighted by Crippen LogP contribution is 2.30. The molecule has 0 unspecified atom stereocenters. The van der Waals surface area contributed by atoms with E-state index in [2.05, 4.69) is 6.07 Å². The number of benzene rings is 2. The summed E-state index contributed by atoms with van der Waals surface area (Å²) in [5.74, 6) is 1.29. The first kappa shape index (κ1) is 9.87. The number of anilines is 1. The van der Waals surface area contributed by atoms with Crippen molar-refractivity contribution < 1.29 is 4.74 Å². The van der Waals surface area contributed by atoms with Crippen molar-refractivity contribution in [3.8, 4) is 11.5 Å². The standard InChI is InChI=1S/C12H9ClNO/c13-11-8-9(14)6-7-12(11)15-10-4-2-1-3-5-10/h1-2,4-8H,14H2. The van der Waals surface area contributed by atoms with E-state index < -0.39 is 0 Å². The molecule has 2 nitrogen and oxygen atoms in total. The SMILES string of the molecule is Nc1ccc(Oc2c[c]ccc2)c(Cl)c1. The minimum absolute atomic E-state index is 0.499. The molecule has 2 aromatic rings. The smallest absolute Gasteiger partial charge is 0.146 e. The van der Waals surface area contributed by atoms with Gasteiger partial charge in [0, 0.05) is 5.69 Å². The van der Waals surface area contributed by atoms with Gasteiger partial charge < -0.3 is 10.5 Å². The van der Waals surface area contributed by atoms with Crippen LogP contribution >= 0.6 is 11.6 Å². The molecule has 3 heteroatoms. The average Bonchev–Trinajstić information content (AvgIpc) is 2.24. The van der Waals surface area contributed by atoms with Gasteiger partial charge in [0.15, 0.2) is 0 Å². The molecule has 15 heavy (non-hydrogen) atoms. The van der Waals surface area contributed by atoms with Gasteiger partial charge in [0.25, 0.3) is 0 Å². The van der Waals surface area contributed by atoms with Crippen molar-refractivity contribution in [3.05, 3.63) is 53.6 Å². The highest BCUT2D eigenvalue weighted by Gasteiger charge is 2.02. The van der Waals surface area contributed by atoms with Crippen LogP contribution in [0.1, 0.15) is 0 Å². The molecule has 0 aliphatic heterocycles. The minimum Gasteiger partial charge on any atom is -0.456 e. The predicted octanol–water partition coefficient (Wildman–Crippen LogP) is 3.51. The quantitative estimate of drug-likeness (QED) is 0.783. The maximum absolute atomic E-state index is 5.96. The second kappa shape index (κ2) is 4.24. The largest absolute Gasteiger partial charge is 0.456 e. The van der Waals surface area contributed by atoms with Gasteiger partial charge in [0.2, 0.25) is 0 Å². The van der Waals surface area contributed by atoms with Crippen molar-refractivity contribution in [2.45, 2.75) is 0 Å². The van der Waals surface area contributed by atoms with Crippen LogP contribution in [0.25, 0.3) is 0 Å². The number of nitrogens with two attached hydrogens (primary N) is 1. The molecule has 0 atom stereocenters. The average molecular weight is 219 g/mol. The van der Waals surface area contributed by atoms with Gasteiger partial charge in [-0.05, 0) is 36.4 Å². The summed E-state index contributed by atoms with van der Waals surface area (Å²) >= 11 is 5.96. The molecule has 0 saturated carbocycles. The van der Waals surface area contributed by atoms with E-state index in [1.54, 1.807) is 30.3 Å². The van der Waals surface area contributed by atoms with Crippen LogP contribution in [0.4, 0.5) is 5.69 Å². The lowest BCUT2D eigenvalue weighted by molar-refractivity contribution is 0.483. The number of halogens is 1. The fourth-order valence-electron chi connectivity index (χ4n) is 1.17. The predicted molar refractivity (Wildman–Crippen MR) is 61.2 cm³/mol. The minimum atomic E-state index is 0.499. The molecule has 2 N–H and O–H groups in total. The van der Waals surface area contributed by atoms with Gasteiger partial charge in [-0.3, -0.25) is 0 Å². The van der Waals surface area contributed by atoms with Gasteiger partial charge in [-0.2, -0.15) is 0 Å². The Bertz CT molecular complexity index is 456. The molecule has 0 fully saturated rings. The summed E-state index contributed by atoms with van der Waals surface area (Å²) in [6.45, 7) is 0. The number of rotatable bonds is 2. The van der Waals surface area contributed by atoms with E-state index in [0.29, 0.717) is 22.2 Å². The van der Waals surface area contributed by atoms with Gasteiger partial charge in [-0.25, -0.2) is 0 Å². The first-order valence-electron chi connectivity index (χ1n) is 4.45. The summed E-state index contributed by atoms with van der Waals surface area (Å²) in [7, 11) is 0. The molecule has 0 aliphatic carbocycles. The Balaban J connectivity index is 2.25. The van der Waals surface area contributed by atoms with Crippen LogP contribution in [0.5, 0.6) is 11.5 Å². The maximum Gasteiger partial charge on any atom is 0.146 e. The summed E-state index contributed by atoms with van der Waals surface area (Å²) < 4.78 is 5.55. The van der Waals surface area contributed by atoms with Crippen LogP contribution in [-0.2, 0) is 0 Å². The van der Waals surface area contributed by atoms with Crippen molar-refractivity contribution in [2.24, 2.45) is 0 Å². The molecule has 75 valence electrons. The summed E-state index contributed by atoms with van der Waals surface area (Å²) in [4.78, 5) is 0. The van der Waals surface area contributed by atoms with E-state index in [1.165, 1.54) is 0 Å². The Labute approximate surface area is 93.2 Å². The molecule has 0 heterocycles. The van der Waals surface area contributed by atoms with Crippen molar-refractivity contribution in [3.63, 3.8) is 0 Å². The van der Waals surface area contributed by atoms with Crippen LogP contribution in [0, 0.1) is 6.07 Å². The number of hydrogen-bond donors (Lipinski definition) is 1. The van der Waals surface area contributed by atoms with Gasteiger partial charge in [-0.15, -0.1) is 0 Å². The van der Waals surface area contributed by atoms with E-state index in [0.717, 1.165) is 0 Å². The van der Waals surface area contributed by atoms with Crippen LogP contribution < -0.4 is 10.5 Å². The van der Waals surface area contributed by atoms with E-state index in [-0.39, 0.29) is 0 Å². The number of hydrogen-bond acceptors (Lipinski definition) is 2. The van der Waals surface area contributed by atoms with Crippen LogP contribution in [0.15, 0.2) is 42.5 Å². The zero-order valence-corrected chi connectivity index (χ0v) is 8.66. The van der Waals surface area contributed by atoms with Gasteiger partial charge >= 0.3 is 0 Å². The summed E-state index contributed by atoms with van der Waals surface area (Å²) in [5.41, 5.74) is 6.19. The number of nitrogen functional groups attached to an aromatic ring is 1. The van der Waals surface area contributed by atoms with E-state index in [4.69, 9.17) is 22.1 Å². The van der Waals surface area contributed by atoms with E-state index in [1.807, 2.05) is 12.1 Å². The highest BCUT2D eigenvalue weighted by atomic mass is 35.5. The summed E-state index contributed by atoms with van der Waals surface area (Å²) in [6.07, 6.45) is 0. The van der Waals surface area contributed by atoms with Crippen LogP contribution in [-0.4, -0.2) is 0 Å². The molecule has 0 saturated heterocycles. The highest BCUT2D eigenvalue weighted by molar-refractivity contribution is 6.32. The fourth-order valence-corrected chi connectivity index (χ4v) is 1.39. The maximum atomic E-state index is 5.96. The van der Waals surface area contributed by atoms with Crippen molar-refractivity contribution in [2.75, 3.05) is 5.73 Å². The molecule has 0 aliphatic rings. The van der Waals surface area contributed by atoms with Crippen molar-refractivity contribution in [1.29, 1.82) is 0 Å². The molecule has 2 rings (SSSR count). The molecule has 0 aromatic heterocycles. The topological polar surface area (TPSA) is 35.2 Å². The second-order valence-electron chi connectivity index (χ2n) is 3.03. The lowest BCUT2D eigenvalue weighted by Crippen LogP contribution is -1.88. The second-order valence-corrected chi connectivity index (χ2v) is 3.44. The Morgan fingerprint density at radius 1 is 1.27 bits per heavy atom. The normalized spacial score (nSPS) is 9.93. The molecule has 0 spiro atoms. The molecular weight excluding hydrogens is 210 g/mol. The van der Waals surface area contributed by atoms with Crippen molar-refractivity contribution >= 4 is 17.3 Å². The zero-order valence-electron chi connectivity index (χ0n) is 7.91. The number of ether oxygens (including phenoxy) is 1. The lowest BCUT2D eigenvalue weighted by atomic mass is 10.3. The first-order valence-corrected chi connectivity index (χ1v) is 4.82. The molecule has 2 aromatic carbocycles. The van der Waals surface area contributed by atoms with Gasteiger partial charge in [0.05, 0.1) is 5.02 Å². The molecule has 1 radical (unpaired) electrons. The molecule has 0 bridgehead atoms. The third-order valence-corrected chi connectivity index (χ3v) is 2.16. The molecule has 0 amide bonds. The van der Waals surface area contributed by atoms with Gasteiger partial charge in [-0.1, -0.05) is 23.7 Å². The zero-order chi connectivity index (χ0) is 10.7. The summed E-state index contributed by atoms with van der Waals surface area (Å²) in [5, 5.41) is 0.499. The monoisotopic (exact) mass is 218 g/mol. The van der Waals surface area contributed by atoms with E-state index in [9.17, 15) is 0 Å². The lowest BCUT2D eigenvalue weighted by Gasteiger charge is -2.07. The Hall–Kier alpha value is -1.67. The van der Waals surface area contributed by atoms with Crippen molar-refractivity contribution in [1.82, 2.24) is 0 Å².